The van der Waals surface area contributed by atoms with E-state index >= 15 is 0 Å². The molecule has 0 radical (unpaired) electrons. The predicted octanol–water partition coefficient (Wildman–Crippen LogP) is 6.07. The van der Waals surface area contributed by atoms with E-state index in [0.29, 0.717) is 32.2 Å². The van der Waals surface area contributed by atoms with Gasteiger partial charge in [0.1, 0.15) is 0 Å². The first kappa shape index (κ1) is 32.4. The van der Waals surface area contributed by atoms with Crippen LogP contribution in [0.15, 0.2) is 78.9 Å². The standard InChI is InChI=1S/C35H44N2O6/c1-25(28-9-5-3-6-10-28)37(2)23-31-21-32(29-17-15-27(24-38)16-18-29)43-35(42-31)30-19-13-26(14-20-30)22-36-33(39)11-7-4-8-12-34(40)41/h3,5-6,9-10,13-20,25,31-32,35,38H,4,7-8,11-12,21-24H2,1-2H3,(H,36,39)(H,40,41). The zero-order valence-electron chi connectivity index (χ0n) is 25.2. The van der Waals surface area contributed by atoms with Crippen molar-refractivity contribution in [2.75, 3.05) is 13.6 Å². The number of nitrogens with zero attached hydrogens (tertiary/aromatic N) is 1. The molecule has 8 nitrogen and oxygen atoms in total. The zero-order chi connectivity index (χ0) is 30.6. The smallest absolute Gasteiger partial charge is 0.303 e. The van der Waals surface area contributed by atoms with Crippen LogP contribution >= 0.6 is 0 Å². The van der Waals surface area contributed by atoms with Gasteiger partial charge in [-0.3, -0.25) is 14.5 Å². The van der Waals surface area contributed by atoms with Crippen LogP contribution in [-0.2, 0) is 32.2 Å². The van der Waals surface area contributed by atoms with Crippen LogP contribution in [0, 0.1) is 0 Å². The molecule has 1 heterocycles. The first-order valence-electron chi connectivity index (χ1n) is 15.2. The van der Waals surface area contributed by atoms with Crippen LogP contribution in [0.5, 0.6) is 0 Å². The summed E-state index contributed by atoms with van der Waals surface area (Å²) in [7, 11) is 2.12. The number of ether oxygens (including phenoxy) is 2. The number of carbonyl (C=O) groups excluding carboxylic acids is 1. The van der Waals surface area contributed by atoms with Gasteiger partial charge < -0.3 is 25.0 Å². The molecule has 4 rings (SSSR count). The fourth-order valence-corrected chi connectivity index (χ4v) is 5.32. The van der Waals surface area contributed by atoms with Crippen molar-refractivity contribution in [1.29, 1.82) is 0 Å². The summed E-state index contributed by atoms with van der Waals surface area (Å²) in [5.41, 5.74) is 5.06. The van der Waals surface area contributed by atoms with E-state index in [4.69, 9.17) is 14.6 Å². The molecule has 1 aliphatic rings. The number of hydrogen-bond donors (Lipinski definition) is 3. The topological polar surface area (TPSA) is 108 Å². The fraction of sp³-hybridized carbons (Fsp3) is 0.429. The molecule has 0 aromatic heterocycles. The largest absolute Gasteiger partial charge is 0.481 e. The number of nitrogens with one attached hydrogen (secondary N) is 1. The number of aliphatic hydroxyl groups is 1. The zero-order valence-corrected chi connectivity index (χ0v) is 25.2. The van der Waals surface area contributed by atoms with E-state index in [2.05, 4.69) is 48.5 Å². The van der Waals surface area contributed by atoms with Crippen molar-refractivity contribution in [2.45, 2.75) is 83.1 Å². The van der Waals surface area contributed by atoms with Gasteiger partial charge in [-0.25, -0.2) is 0 Å². The molecule has 0 spiro atoms. The molecule has 3 N–H and O–H groups in total. The molecule has 1 saturated heterocycles. The van der Waals surface area contributed by atoms with Crippen molar-refractivity contribution in [2.24, 2.45) is 0 Å². The Balaban J connectivity index is 1.38. The van der Waals surface area contributed by atoms with Gasteiger partial charge in [0.15, 0.2) is 6.29 Å². The summed E-state index contributed by atoms with van der Waals surface area (Å²) in [6.45, 7) is 3.36. The van der Waals surface area contributed by atoms with Crippen molar-refractivity contribution in [3.8, 4) is 0 Å². The Labute approximate surface area is 254 Å². The summed E-state index contributed by atoms with van der Waals surface area (Å²) in [6.07, 6.45) is 2.47. The number of unbranched alkanes of at least 4 members (excludes halogenated alkanes) is 2. The average Bonchev–Trinajstić information content (AvgIpc) is 3.03. The van der Waals surface area contributed by atoms with Gasteiger partial charge in [0, 0.05) is 44.0 Å². The first-order chi connectivity index (χ1) is 20.8. The minimum atomic E-state index is -0.801. The van der Waals surface area contributed by atoms with E-state index in [9.17, 15) is 14.7 Å². The lowest BCUT2D eigenvalue weighted by molar-refractivity contribution is -0.253. The van der Waals surface area contributed by atoms with E-state index in [1.54, 1.807) is 0 Å². The van der Waals surface area contributed by atoms with Crippen molar-refractivity contribution in [3.63, 3.8) is 0 Å². The third-order valence-corrected chi connectivity index (χ3v) is 8.09. The quantitative estimate of drug-likeness (QED) is 0.185. The Bertz CT molecular complexity index is 1280. The number of hydrogen-bond acceptors (Lipinski definition) is 6. The van der Waals surface area contributed by atoms with Gasteiger partial charge in [0.2, 0.25) is 5.91 Å². The number of aliphatic carboxylic acids is 1. The number of carboxylic acids is 1. The molecular formula is C35H44N2O6. The van der Waals surface area contributed by atoms with Crippen LogP contribution in [-0.4, -0.2) is 46.7 Å². The molecule has 3 aromatic rings. The summed E-state index contributed by atoms with van der Waals surface area (Å²) in [5.74, 6) is -0.838. The van der Waals surface area contributed by atoms with Crippen molar-refractivity contribution in [3.05, 3.63) is 107 Å². The van der Waals surface area contributed by atoms with E-state index in [0.717, 1.165) is 35.2 Å². The second kappa shape index (κ2) is 16.3. The van der Waals surface area contributed by atoms with Gasteiger partial charge in [0.05, 0.1) is 18.8 Å². The van der Waals surface area contributed by atoms with Crippen LogP contribution in [0.4, 0.5) is 0 Å². The normalized spacial score (nSPS) is 19.2. The average molecular weight is 589 g/mol. The maximum absolute atomic E-state index is 12.2. The Hall–Kier alpha value is -3.56. The molecule has 230 valence electrons. The summed E-state index contributed by atoms with van der Waals surface area (Å²) in [5, 5.41) is 21.2. The maximum atomic E-state index is 12.2. The first-order valence-corrected chi connectivity index (χ1v) is 15.2. The molecule has 0 saturated carbocycles. The molecule has 4 unspecified atom stereocenters. The van der Waals surface area contributed by atoms with Crippen LogP contribution in [0.2, 0.25) is 0 Å². The Morgan fingerprint density at radius 1 is 0.884 bits per heavy atom. The highest BCUT2D eigenvalue weighted by atomic mass is 16.7. The molecule has 0 bridgehead atoms. The summed E-state index contributed by atoms with van der Waals surface area (Å²) in [6, 6.07) is 26.5. The highest BCUT2D eigenvalue weighted by molar-refractivity contribution is 5.75. The van der Waals surface area contributed by atoms with Gasteiger partial charge in [0.25, 0.3) is 0 Å². The van der Waals surface area contributed by atoms with E-state index < -0.39 is 12.3 Å². The number of rotatable bonds is 15. The van der Waals surface area contributed by atoms with E-state index in [-0.39, 0.29) is 37.2 Å². The number of likely N-dealkylation sites (N-methyl/N-ethyl adjacent to an activating group) is 1. The fourth-order valence-electron chi connectivity index (χ4n) is 5.32. The second-order valence-electron chi connectivity index (χ2n) is 11.3. The van der Waals surface area contributed by atoms with Crippen LogP contribution in [0.25, 0.3) is 0 Å². The molecule has 3 aromatic carbocycles. The third-order valence-electron chi connectivity index (χ3n) is 8.09. The van der Waals surface area contributed by atoms with Gasteiger partial charge in [-0.05, 0) is 49.1 Å². The molecule has 43 heavy (non-hydrogen) atoms. The summed E-state index contributed by atoms with van der Waals surface area (Å²) >= 11 is 0. The molecule has 0 aliphatic carbocycles. The highest BCUT2D eigenvalue weighted by Gasteiger charge is 2.33. The van der Waals surface area contributed by atoms with Gasteiger partial charge in [-0.15, -0.1) is 0 Å². The minimum absolute atomic E-state index is 0.00191. The minimum Gasteiger partial charge on any atom is -0.481 e. The summed E-state index contributed by atoms with van der Waals surface area (Å²) in [4.78, 5) is 25.1. The Kier molecular flexibility index (Phi) is 12.3. The number of benzene rings is 3. The number of carboxylic acid groups (broad SMARTS) is 1. The number of carbonyl (C=O) groups is 2. The predicted molar refractivity (Wildman–Crippen MR) is 165 cm³/mol. The van der Waals surface area contributed by atoms with Crippen LogP contribution in [0.3, 0.4) is 0 Å². The lowest BCUT2D eigenvalue weighted by Crippen LogP contribution is -2.38. The van der Waals surface area contributed by atoms with E-state index in [1.165, 1.54) is 5.56 Å². The lowest BCUT2D eigenvalue weighted by atomic mass is 9.99. The maximum Gasteiger partial charge on any atom is 0.303 e. The van der Waals surface area contributed by atoms with Crippen molar-refractivity contribution >= 4 is 11.9 Å². The molecule has 1 amide bonds. The van der Waals surface area contributed by atoms with Gasteiger partial charge >= 0.3 is 5.97 Å². The van der Waals surface area contributed by atoms with Crippen molar-refractivity contribution < 1.29 is 29.3 Å². The second-order valence-corrected chi connectivity index (χ2v) is 11.3. The monoisotopic (exact) mass is 588 g/mol. The molecule has 1 aliphatic heterocycles. The third kappa shape index (κ3) is 10.0. The number of aliphatic hydroxyl groups excluding tert-OH is 1. The van der Waals surface area contributed by atoms with Crippen LogP contribution < -0.4 is 5.32 Å². The lowest BCUT2D eigenvalue weighted by Gasteiger charge is -2.39. The summed E-state index contributed by atoms with van der Waals surface area (Å²) < 4.78 is 13.0. The Morgan fingerprint density at radius 3 is 2.21 bits per heavy atom. The Morgan fingerprint density at radius 2 is 1.53 bits per heavy atom. The molecule has 1 fully saturated rings. The molecular weight excluding hydrogens is 544 g/mol. The SMILES string of the molecule is CC(c1ccccc1)N(C)CC1CC(c2ccc(CO)cc2)OC(c2ccc(CNC(=O)CCCCCC(=O)O)cc2)O1. The molecule has 8 heteroatoms. The number of amides is 1. The van der Waals surface area contributed by atoms with Gasteiger partial charge in [-0.2, -0.15) is 0 Å². The van der Waals surface area contributed by atoms with Gasteiger partial charge in [-0.1, -0.05) is 85.3 Å². The highest BCUT2D eigenvalue weighted by Crippen LogP contribution is 2.38. The van der Waals surface area contributed by atoms with Crippen molar-refractivity contribution in [1.82, 2.24) is 10.2 Å². The molecule has 4 atom stereocenters. The van der Waals surface area contributed by atoms with Crippen LogP contribution in [0.1, 0.15) is 91.7 Å². The van der Waals surface area contributed by atoms with E-state index in [1.807, 2.05) is 54.6 Å².